The zero-order chi connectivity index (χ0) is 18.8. The Morgan fingerprint density at radius 3 is 2.46 bits per heavy atom. The molecule has 0 N–H and O–H groups in total. The molecule has 0 unspecified atom stereocenters. The third-order valence-corrected chi connectivity index (χ3v) is 5.10. The lowest BCUT2D eigenvalue weighted by molar-refractivity contribution is -0.121. The Hall–Kier alpha value is -2.02. The number of imide groups is 1. The summed E-state index contributed by atoms with van der Waals surface area (Å²) in [4.78, 5) is 24.8. The maximum Gasteiger partial charge on any atom is 0.293 e. The lowest BCUT2D eigenvalue weighted by Gasteiger charge is -2.11. The second kappa shape index (κ2) is 7.70. The van der Waals surface area contributed by atoms with E-state index < -0.39 is 0 Å². The Labute approximate surface area is 163 Å². The van der Waals surface area contributed by atoms with Crippen LogP contribution >= 0.6 is 35.0 Å². The maximum absolute atomic E-state index is 13.2. The number of carbonyl (C=O) groups excluding carboxylic acids is 2. The van der Waals surface area contributed by atoms with Crippen LogP contribution in [-0.2, 0) is 11.4 Å². The molecule has 4 nitrogen and oxygen atoms in total. The van der Waals surface area contributed by atoms with Crippen LogP contribution in [0.25, 0.3) is 6.08 Å². The Morgan fingerprint density at radius 1 is 1.19 bits per heavy atom. The first-order chi connectivity index (χ1) is 12.3. The van der Waals surface area contributed by atoms with Gasteiger partial charge in [0.15, 0.2) is 5.75 Å². The fourth-order valence-corrected chi connectivity index (χ4v) is 3.72. The van der Waals surface area contributed by atoms with Crippen LogP contribution in [0.1, 0.15) is 11.1 Å². The minimum Gasteiger partial charge on any atom is -0.486 e. The Balaban J connectivity index is 1.80. The normalized spacial score (nSPS) is 15.8. The molecule has 0 aromatic heterocycles. The van der Waals surface area contributed by atoms with E-state index >= 15 is 0 Å². The molecular formula is C18H12Cl2FNO3S. The second-order valence-corrected chi connectivity index (χ2v) is 7.28. The first-order valence-electron chi connectivity index (χ1n) is 7.43. The highest BCUT2D eigenvalue weighted by Crippen LogP contribution is 2.37. The topological polar surface area (TPSA) is 46.6 Å². The van der Waals surface area contributed by atoms with Gasteiger partial charge < -0.3 is 4.74 Å². The Bertz CT molecular complexity index is 909. The number of rotatable bonds is 4. The lowest BCUT2D eigenvalue weighted by Crippen LogP contribution is -2.22. The van der Waals surface area contributed by atoms with Gasteiger partial charge in [0.25, 0.3) is 11.1 Å². The van der Waals surface area contributed by atoms with Gasteiger partial charge in [-0.15, -0.1) is 0 Å². The van der Waals surface area contributed by atoms with E-state index in [4.69, 9.17) is 27.9 Å². The van der Waals surface area contributed by atoms with Crippen molar-refractivity contribution in [3.05, 3.63) is 68.3 Å². The molecule has 0 bridgehead atoms. The van der Waals surface area contributed by atoms with E-state index in [1.165, 1.54) is 19.2 Å². The highest BCUT2D eigenvalue weighted by Gasteiger charge is 2.31. The minimum atomic E-state index is -0.376. The van der Waals surface area contributed by atoms with Gasteiger partial charge in [-0.05, 0) is 53.2 Å². The number of benzene rings is 2. The molecule has 1 fully saturated rings. The largest absolute Gasteiger partial charge is 0.486 e. The van der Waals surface area contributed by atoms with Crippen LogP contribution in [0.2, 0.25) is 10.0 Å². The van der Waals surface area contributed by atoms with Crippen molar-refractivity contribution in [2.24, 2.45) is 0 Å². The number of thioether (sulfide) groups is 1. The van der Waals surface area contributed by atoms with E-state index in [-0.39, 0.29) is 44.3 Å². The SMILES string of the molecule is CN1C(=O)S/C(=C\c2cc(Cl)c(OCc3cccc(F)c3)c(Cl)c2)C1=O. The molecule has 2 aromatic rings. The summed E-state index contributed by atoms with van der Waals surface area (Å²) >= 11 is 13.3. The molecule has 26 heavy (non-hydrogen) atoms. The van der Waals surface area contributed by atoms with Gasteiger partial charge in [0.1, 0.15) is 12.4 Å². The minimum absolute atomic E-state index is 0.102. The van der Waals surface area contributed by atoms with Crippen molar-refractivity contribution in [3.8, 4) is 5.75 Å². The summed E-state index contributed by atoms with van der Waals surface area (Å²) in [6.07, 6.45) is 1.54. The zero-order valence-electron chi connectivity index (χ0n) is 13.5. The molecule has 0 aliphatic carbocycles. The summed E-state index contributed by atoms with van der Waals surface area (Å²) in [6, 6.07) is 9.17. The van der Waals surface area contributed by atoms with Gasteiger partial charge >= 0.3 is 0 Å². The van der Waals surface area contributed by atoms with Gasteiger partial charge in [-0.2, -0.15) is 0 Å². The number of hydrogen-bond donors (Lipinski definition) is 0. The summed E-state index contributed by atoms with van der Waals surface area (Å²) in [5, 5.41) is 0.153. The van der Waals surface area contributed by atoms with Crippen molar-refractivity contribution < 1.29 is 18.7 Å². The van der Waals surface area contributed by atoms with Crippen molar-refractivity contribution >= 4 is 52.2 Å². The van der Waals surface area contributed by atoms with Gasteiger partial charge in [-0.3, -0.25) is 14.5 Å². The molecule has 0 atom stereocenters. The molecule has 1 aliphatic rings. The molecular weight excluding hydrogens is 400 g/mol. The average Bonchev–Trinajstić information content (AvgIpc) is 2.81. The van der Waals surface area contributed by atoms with Gasteiger partial charge in [0, 0.05) is 7.05 Å². The molecule has 8 heteroatoms. The van der Waals surface area contributed by atoms with Gasteiger partial charge in [-0.1, -0.05) is 35.3 Å². The predicted molar refractivity (Wildman–Crippen MR) is 101 cm³/mol. The van der Waals surface area contributed by atoms with Crippen LogP contribution in [0.3, 0.4) is 0 Å². The van der Waals surface area contributed by atoms with Crippen molar-refractivity contribution in [2.75, 3.05) is 7.05 Å². The van der Waals surface area contributed by atoms with Crippen molar-refractivity contribution in [1.82, 2.24) is 4.90 Å². The van der Waals surface area contributed by atoms with E-state index in [0.29, 0.717) is 11.1 Å². The van der Waals surface area contributed by atoms with Gasteiger partial charge in [0.2, 0.25) is 0 Å². The molecule has 134 valence electrons. The molecule has 0 spiro atoms. The fraction of sp³-hybridized carbons (Fsp3) is 0.111. The van der Waals surface area contributed by atoms with Crippen LogP contribution in [-0.4, -0.2) is 23.1 Å². The van der Waals surface area contributed by atoms with E-state index in [1.54, 1.807) is 30.3 Å². The van der Waals surface area contributed by atoms with E-state index in [9.17, 15) is 14.0 Å². The maximum atomic E-state index is 13.2. The number of carbonyl (C=O) groups is 2. The van der Waals surface area contributed by atoms with Crippen LogP contribution in [0.15, 0.2) is 41.3 Å². The van der Waals surface area contributed by atoms with E-state index in [2.05, 4.69) is 0 Å². The summed E-state index contributed by atoms with van der Waals surface area (Å²) < 4.78 is 18.8. The summed E-state index contributed by atoms with van der Waals surface area (Å²) in [5.74, 6) is -0.472. The monoisotopic (exact) mass is 411 g/mol. The van der Waals surface area contributed by atoms with Gasteiger partial charge in [-0.25, -0.2) is 4.39 Å². The summed E-state index contributed by atoms with van der Waals surface area (Å²) in [6.45, 7) is 0.102. The number of nitrogens with zero attached hydrogens (tertiary/aromatic N) is 1. The molecule has 1 saturated heterocycles. The predicted octanol–water partition coefficient (Wildman–Crippen LogP) is 5.38. The van der Waals surface area contributed by atoms with Crippen molar-refractivity contribution in [3.63, 3.8) is 0 Å². The molecule has 1 aliphatic heterocycles. The zero-order valence-corrected chi connectivity index (χ0v) is 15.8. The third-order valence-electron chi connectivity index (χ3n) is 3.58. The number of likely N-dealkylation sites (N-methyl/N-ethyl adjacent to an activating group) is 1. The molecule has 0 saturated carbocycles. The average molecular weight is 412 g/mol. The number of halogens is 3. The molecule has 2 amide bonds. The highest BCUT2D eigenvalue weighted by molar-refractivity contribution is 8.18. The Kier molecular flexibility index (Phi) is 5.55. The Morgan fingerprint density at radius 2 is 1.88 bits per heavy atom. The molecule has 3 rings (SSSR count). The lowest BCUT2D eigenvalue weighted by atomic mass is 10.2. The van der Waals surface area contributed by atoms with Crippen molar-refractivity contribution in [2.45, 2.75) is 6.61 Å². The molecule has 0 radical (unpaired) electrons. The number of ether oxygens (including phenoxy) is 1. The summed E-state index contributed by atoms with van der Waals surface area (Å²) in [5.41, 5.74) is 1.20. The third kappa shape index (κ3) is 4.03. The first kappa shape index (κ1) is 18.8. The van der Waals surface area contributed by atoms with Crippen LogP contribution in [0, 0.1) is 5.82 Å². The molecule has 2 aromatic carbocycles. The van der Waals surface area contributed by atoms with Gasteiger partial charge in [0.05, 0.1) is 15.0 Å². The molecule has 1 heterocycles. The second-order valence-electron chi connectivity index (χ2n) is 5.47. The van der Waals surface area contributed by atoms with Crippen LogP contribution in [0.4, 0.5) is 9.18 Å². The smallest absolute Gasteiger partial charge is 0.293 e. The quantitative estimate of drug-likeness (QED) is 0.633. The number of hydrogen-bond acceptors (Lipinski definition) is 4. The van der Waals surface area contributed by atoms with E-state index in [0.717, 1.165) is 16.7 Å². The van der Waals surface area contributed by atoms with Crippen LogP contribution in [0.5, 0.6) is 5.75 Å². The summed E-state index contributed by atoms with van der Waals surface area (Å²) in [7, 11) is 1.42. The fourth-order valence-electron chi connectivity index (χ4n) is 2.28. The van der Waals surface area contributed by atoms with Crippen molar-refractivity contribution in [1.29, 1.82) is 0 Å². The highest BCUT2D eigenvalue weighted by atomic mass is 35.5. The number of amides is 2. The van der Waals surface area contributed by atoms with Crippen LogP contribution < -0.4 is 4.74 Å². The first-order valence-corrected chi connectivity index (χ1v) is 9.00. The standard InChI is InChI=1S/C18H12Cl2FNO3S/c1-22-17(23)15(26-18(22)24)8-11-6-13(19)16(14(20)7-11)25-9-10-3-2-4-12(21)5-10/h2-8H,9H2,1H3/b15-8-. The van der Waals surface area contributed by atoms with E-state index in [1.807, 2.05) is 0 Å².